The molecule has 2 aromatic rings. The third-order valence-electron chi connectivity index (χ3n) is 5.67. The Bertz CT molecular complexity index is 918. The number of fused-ring (bicyclic) bond motifs is 3. The van der Waals surface area contributed by atoms with Crippen molar-refractivity contribution in [3.63, 3.8) is 0 Å². The molecule has 2 N–H and O–H groups in total. The molecule has 2 amide bonds. The molecule has 0 bridgehead atoms. The van der Waals surface area contributed by atoms with Gasteiger partial charge in [0.15, 0.2) is 0 Å². The molecule has 0 aromatic heterocycles. The van der Waals surface area contributed by atoms with Gasteiger partial charge in [-0.15, -0.1) is 12.4 Å². The van der Waals surface area contributed by atoms with Crippen molar-refractivity contribution in [2.24, 2.45) is 5.92 Å². The third kappa shape index (κ3) is 4.67. The monoisotopic (exact) mass is 429 g/mol. The van der Waals surface area contributed by atoms with Gasteiger partial charge < -0.3 is 20.3 Å². The van der Waals surface area contributed by atoms with Crippen LogP contribution >= 0.6 is 12.4 Å². The van der Waals surface area contributed by atoms with Crippen LogP contribution in [0.5, 0.6) is 0 Å². The second-order valence-electron chi connectivity index (χ2n) is 7.61. The van der Waals surface area contributed by atoms with E-state index in [1.807, 2.05) is 6.07 Å². The Morgan fingerprint density at radius 3 is 2.73 bits per heavy atom. The van der Waals surface area contributed by atoms with Gasteiger partial charge in [0.25, 0.3) is 0 Å². The summed E-state index contributed by atoms with van der Waals surface area (Å²) in [7, 11) is 1.66. The maximum atomic E-state index is 12.6. The molecule has 1 unspecified atom stereocenters. The molecule has 0 spiro atoms. The fourth-order valence-electron chi connectivity index (χ4n) is 4.15. The van der Waals surface area contributed by atoms with Crippen molar-refractivity contribution in [3.8, 4) is 11.1 Å². The van der Waals surface area contributed by atoms with Crippen LogP contribution < -0.4 is 15.5 Å². The Labute approximate surface area is 183 Å². The Morgan fingerprint density at radius 1 is 1.10 bits per heavy atom. The number of hydrogen-bond acceptors (Lipinski definition) is 4. The number of methoxy groups -OCH3 is 1. The molecule has 1 saturated heterocycles. The minimum atomic E-state index is -0.299. The van der Waals surface area contributed by atoms with Gasteiger partial charge in [-0.05, 0) is 40.8 Å². The van der Waals surface area contributed by atoms with E-state index in [1.165, 1.54) is 22.3 Å². The fourth-order valence-corrected chi connectivity index (χ4v) is 4.15. The summed E-state index contributed by atoms with van der Waals surface area (Å²) in [6.07, 6.45) is 1.15. The van der Waals surface area contributed by atoms with Gasteiger partial charge in [-0.1, -0.05) is 30.3 Å². The van der Waals surface area contributed by atoms with Gasteiger partial charge in [0, 0.05) is 45.4 Å². The average Bonchev–Trinajstić information content (AvgIpc) is 3.30. The lowest BCUT2D eigenvalue weighted by Crippen LogP contribution is -2.37. The molecule has 1 fully saturated rings. The van der Waals surface area contributed by atoms with E-state index in [-0.39, 0.29) is 36.6 Å². The van der Waals surface area contributed by atoms with Crippen LogP contribution in [0.25, 0.3) is 11.1 Å². The van der Waals surface area contributed by atoms with E-state index in [4.69, 9.17) is 4.74 Å². The summed E-state index contributed by atoms with van der Waals surface area (Å²) in [4.78, 5) is 26.8. The lowest BCUT2D eigenvalue weighted by molar-refractivity contribution is -0.126. The zero-order chi connectivity index (χ0) is 20.2. The summed E-state index contributed by atoms with van der Waals surface area (Å²) >= 11 is 0. The molecule has 1 heterocycles. The van der Waals surface area contributed by atoms with Crippen molar-refractivity contribution in [1.82, 2.24) is 10.6 Å². The number of ether oxygens (including phenoxy) is 1. The molecule has 1 atom stereocenters. The van der Waals surface area contributed by atoms with Crippen molar-refractivity contribution in [2.75, 3.05) is 44.8 Å². The van der Waals surface area contributed by atoms with Gasteiger partial charge in [-0.3, -0.25) is 9.59 Å². The Kier molecular flexibility index (Phi) is 7.48. The van der Waals surface area contributed by atoms with E-state index in [2.05, 4.69) is 47.0 Å². The fraction of sp³-hybridized carbons (Fsp3) is 0.391. The predicted octanol–water partition coefficient (Wildman–Crippen LogP) is 2.38. The maximum Gasteiger partial charge on any atom is 0.227 e. The standard InChI is InChI=1S/C23H27N3O3.ClH/c1-29-11-10-24-8-9-25-23(28)18-14-22(27)26(15-18)19-6-7-21-17(13-19)12-16-4-2-3-5-20(16)21;/h2-7,13,18,24H,8-12,14-15H2,1H3,(H,25,28);1H. The normalized spacial score (nSPS) is 16.8. The van der Waals surface area contributed by atoms with Crippen LogP contribution in [-0.2, 0) is 20.7 Å². The van der Waals surface area contributed by atoms with Crippen molar-refractivity contribution in [2.45, 2.75) is 12.8 Å². The molecule has 1 aliphatic carbocycles. The molecule has 2 aliphatic rings. The molecular weight excluding hydrogens is 402 g/mol. The SMILES string of the molecule is COCCNCCNC(=O)C1CC(=O)N(c2ccc3c(c2)Cc2ccccc2-3)C1.Cl. The van der Waals surface area contributed by atoms with Gasteiger partial charge in [0.1, 0.15) is 0 Å². The first-order valence-electron chi connectivity index (χ1n) is 10.2. The highest BCUT2D eigenvalue weighted by molar-refractivity contribution is 6.00. The number of anilines is 1. The van der Waals surface area contributed by atoms with Crippen LogP contribution in [0.2, 0.25) is 0 Å². The topological polar surface area (TPSA) is 70.7 Å². The second kappa shape index (κ2) is 10.1. The van der Waals surface area contributed by atoms with E-state index in [0.29, 0.717) is 26.2 Å². The van der Waals surface area contributed by atoms with E-state index >= 15 is 0 Å². The predicted molar refractivity (Wildman–Crippen MR) is 120 cm³/mol. The lowest BCUT2D eigenvalue weighted by atomic mass is 10.1. The Balaban J connectivity index is 0.00000256. The zero-order valence-corrected chi connectivity index (χ0v) is 18.0. The van der Waals surface area contributed by atoms with E-state index in [1.54, 1.807) is 12.0 Å². The Morgan fingerprint density at radius 2 is 1.90 bits per heavy atom. The molecular formula is C23H28ClN3O3. The van der Waals surface area contributed by atoms with Gasteiger partial charge in [-0.25, -0.2) is 0 Å². The van der Waals surface area contributed by atoms with Gasteiger partial charge in [0.2, 0.25) is 11.8 Å². The van der Waals surface area contributed by atoms with Crippen LogP contribution in [0.3, 0.4) is 0 Å². The first-order chi connectivity index (χ1) is 14.2. The molecule has 0 saturated carbocycles. The number of rotatable bonds is 8. The van der Waals surface area contributed by atoms with Crippen LogP contribution in [0.4, 0.5) is 5.69 Å². The van der Waals surface area contributed by atoms with Crippen LogP contribution in [0.15, 0.2) is 42.5 Å². The molecule has 2 aromatic carbocycles. The maximum absolute atomic E-state index is 12.6. The third-order valence-corrected chi connectivity index (χ3v) is 5.67. The smallest absolute Gasteiger partial charge is 0.227 e. The second-order valence-corrected chi connectivity index (χ2v) is 7.61. The van der Waals surface area contributed by atoms with Crippen LogP contribution in [-0.4, -0.2) is 51.7 Å². The number of halogens is 1. The quantitative estimate of drug-likeness (QED) is 0.539. The van der Waals surface area contributed by atoms with Crippen molar-refractivity contribution in [1.29, 1.82) is 0 Å². The molecule has 1 aliphatic heterocycles. The van der Waals surface area contributed by atoms with Crippen LogP contribution in [0, 0.1) is 5.92 Å². The van der Waals surface area contributed by atoms with E-state index in [0.717, 1.165) is 18.7 Å². The molecule has 0 radical (unpaired) electrons. The van der Waals surface area contributed by atoms with Crippen molar-refractivity contribution < 1.29 is 14.3 Å². The molecule has 160 valence electrons. The number of nitrogens with zero attached hydrogens (tertiary/aromatic N) is 1. The minimum absolute atomic E-state index is 0. The summed E-state index contributed by atoms with van der Waals surface area (Å²) in [5.74, 6) is -0.339. The van der Waals surface area contributed by atoms with E-state index < -0.39 is 0 Å². The van der Waals surface area contributed by atoms with E-state index in [9.17, 15) is 9.59 Å². The summed E-state index contributed by atoms with van der Waals surface area (Å²) in [5, 5.41) is 6.12. The Hall–Kier alpha value is -2.41. The summed E-state index contributed by atoms with van der Waals surface area (Å²) in [6.45, 7) is 3.07. The largest absolute Gasteiger partial charge is 0.383 e. The lowest BCUT2D eigenvalue weighted by Gasteiger charge is -2.18. The number of carbonyl (C=O) groups excluding carboxylic acids is 2. The van der Waals surface area contributed by atoms with Gasteiger partial charge >= 0.3 is 0 Å². The summed E-state index contributed by atoms with van der Waals surface area (Å²) in [6, 6.07) is 14.6. The molecule has 6 nitrogen and oxygen atoms in total. The highest BCUT2D eigenvalue weighted by atomic mass is 35.5. The first-order valence-corrected chi connectivity index (χ1v) is 10.2. The zero-order valence-electron chi connectivity index (χ0n) is 17.1. The van der Waals surface area contributed by atoms with Crippen molar-refractivity contribution >= 4 is 29.9 Å². The number of carbonyl (C=O) groups is 2. The summed E-state index contributed by atoms with van der Waals surface area (Å²) < 4.78 is 4.97. The number of benzene rings is 2. The highest BCUT2D eigenvalue weighted by Gasteiger charge is 2.35. The molecule has 7 heteroatoms. The number of amides is 2. The average molecular weight is 430 g/mol. The molecule has 30 heavy (non-hydrogen) atoms. The first kappa shape index (κ1) is 22.3. The van der Waals surface area contributed by atoms with Gasteiger partial charge in [0.05, 0.1) is 12.5 Å². The number of nitrogens with one attached hydrogen (secondary N) is 2. The van der Waals surface area contributed by atoms with Crippen molar-refractivity contribution in [3.05, 3.63) is 53.6 Å². The summed E-state index contributed by atoms with van der Waals surface area (Å²) in [5.41, 5.74) is 5.97. The highest BCUT2D eigenvalue weighted by Crippen LogP contribution is 2.39. The van der Waals surface area contributed by atoms with Crippen LogP contribution in [0.1, 0.15) is 17.5 Å². The number of hydrogen-bond donors (Lipinski definition) is 2. The van der Waals surface area contributed by atoms with Gasteiger partial charge in [-0.2, -0.15) is 0 Å². The minimum Gasteiger partial charge on any atom is -0.383 e. The molecule has 4 rings (SSSR count).